The van der Waals surface area contributed by atoms with Crippen LogP contribution in [0.25, 0.3) is 0 Å². The minimum Gasteiger partial charge on any atom is -0.316 e. The molecule has 1 saturated heterocycles. The zero-order valence-corrected chi connectivity index (χ0v) is 14.9. The van der Waals surface area contributed by atoms with Gasteiger partial charge in [-0.1, -0.05) is 35.3 Å². The fraction of sp³-hybridized carbons (Fsp3) is 0.444. The molecule has 1 aromatic carbocycles. The van der Waals surface area contributed by atoms with E-state index in [9.17, 15) is 0 Å². The average molecular weight is 363 g/mol. The second kappa shape index (κ2) is 6.96. The van der Waals surface area contributed by atoms with Crippen LogP contribution in [0.1, 0.15) is 35.0 Å². The molecule has 6 heteroatoms. The maximum absolute atomic E-state index is 6.32. The zero-order valence-electron chi connectivity index (χ0n) is 13.4. The summed E-state index contributed by atoms with van der Waals surface area (Å²) in [5.74, 6) is 1.48. The van der Waals surface area contributed by atoms with E-state index in [2.05, 4.69) is 15.2 Å². The van der Waals surface area contributed by atoms with Gasteiger partial charge in [-0.05, 0) is 24.6 Å². The van der Waals surface area contributed by atoms with Crippen LogP contribution in [0.15, 0.2) is 24.4 Å². The van der Waals surface area contributed by atoms with E-state index in [1.165, 1.54) is 11.3 Å². The number of halogens is 2. The Kier molecular flexibility index (Phi) is 4.72. The quantitative estimate of drug-likeness (QED) is 0.907. The summed E-state index contributed by atoms with van der Waals surface area (Å²) in [7, 11) is 0. The maximum atomic E-state index is 6.32. The van der Waals surface area contributed by atoms with Gasteiger partial charge in [0.25, 0.3) is 0 Å². The zero-order chi connectivity index (χ0) is 16.5. The van der Waals surface area contributed by atoms with E-state index in [0.29, 0.717) is 16.0 Å². The molecule has 0 radical (unpaired) electrons. The largest absolute Gasteiger partial charge is 0.316 e. The molecule has 24 heavy (non-hydrogen) atoms. The van der Waals surface area contributed by atoms with E-state index >= 15 is 0 Å². The van der Waals surface area contributed by atoms with Crippen molar-refractivity contribution in [3.05, 3.63) is 57.1 Å². The molecule has 126 valence electrons. The number of fused-ring (bicyclic) bond motifs is 1. The van der Waals surface area contributed by atoms with Crippen LogP contribution in [-0.2, 0) is 19.5 Å². The molecule has 1 atom stereocenters. The Labute approximate surface area is 152 Å². The second-order valence-electron chi connectivity index (χ2n) is 6.56. The number of hydrogen-bond acceptors (Lipinski definition) is 4. The molecule has 0 aliphatic carbocycles. The first-order chi connectivity index (χ1) is 11.7. The SMILES string of the molecule is Clc1cccc(CN2CCc3nc([C@@H]4CCNC4)ncc3C2)c1Cl. The third-order valence-corrected chi connectivity index (χ3v) is 5.74. The van der Waals surface area contributed by atoms with Crippen LogP contribution in [0, 0.1) is 0 Å². The Bertz CT molecular complexity index is 744. The molecule has 1 fully saturated rings. The van der Waals surface area contributed by atoms with Crippen LogP contribution in [0.4, 0.5) is 0 Å². The number of nitrogens with one attached hydrogen (secondary N) is 1. The van der Waals surface area contributed by atoms with Gasteiger partial charge in [0.2, 0.25) is 0 Å². The molecule has 3 heterocycles. The van der Waals surface area contributed by atoms with Crippen molar-refractivity contribution in [3.8, 4) is 0 Å². The van der Waals surface area contributed by atoms with Crippen molar-refractivity contribution in [2.24, 2.45) is 0 Å². The summed E-state index contributed by atoms with van der Waals surface area (Å²) in [6, 6.07) is 5.81. The normalized spacial score (nSPS) is 21.0. The molecule has 2 aliphatic heterocycles. The molecule has 0 amide bonds. The topological polar surface area (TPSA) is 41.1 Å². The van der Waals surface area contributed by atoms with Gasteiger partial charge in [-0.2, -0.15) is 0 Å². The highest BCUT2D eigenvalue weighted by atomic mass is 35.5. The van der Waals surface area contributed by atoms with Gasteiger partial charge in [0.15, 0.2) is 0 Å². The highest BCUT2D eigenvalue weighted by Crippen LogP contribution is 2.28. The number of hydrogen-bond donors (Lipinski definition) is 1. The van der Waals surface area contributed by atoms with Crippen molar-refractivity contribution in [2.75, 3.05) is 19.6 Å². The maximum Gasteiger partial charge on any atom is 0.132 e. The molecule has 4 nitrogen and oxygen atoms in total. The van der Waals surface area contributed by atoms with Gasteiger partial charge >= 0.3 is 0 Å². The lowest BCUT2D eigenvalue weighted by atomic mass is 10.0. The van der Waals surface area contributed by atoms with Crippen LogP contribution in [0.5, 0.6) is 0 Å². The Morgan fingerprint density at radius 2 is 2.21 bits per heavy atom. The predicted octanol–water partition coefficient (Wildman–Crippen LogP) is 3.42. The Balaban J connectivity index is 1.48. The first-order valence-electron chi connectivity index (χ1n) is 8.41. The van der Waals surface area contributed by atoms with E-state index in [1.54, 1.807) is 0 Å². The van der Waals surface area contributed by atoms with Gasteiger partial charge < -0.3 is 5.32 Å². The van der Waals surface area contributed by atoms with E-state index in [-0.39, 0.29) is 0 Å². The van der Waals surface area contributed by atoms with E-state index in [1.807, 2.05) is 24.4 Å². The van der Waals surface area contributed by atoms with E-state index in [0.717, 1.165) is 57.0 Å². The van der Waals surface area contributed by atoms with Gasteiger partial charge in [-0.3, -0.25) is 4.90 Å². The standard InChI is InChI=1S/C18H20Cl2N4/c19-15-3-1-2-13(17(15)20)10-24-7-5-16-14(11-24)9-22-18(23-16)12-4-6-21-8-12/h1-3,9,12,21H,4-8,10-11H2/t12-/m1/s1. The number of nitrogens with zero attached hydrogens (tertiary/aromatic N) is 3. The monoisotopic (exact) mass is 362 g/mol. The van der Waals surface area contributed by atoms with E-state index < -0.39 is 0 Å². The smallest absolute Gasteiger partial charge is 0.132 e. The van der Waals surface area contributed by atoms with Crippen molar-refractivity contribution < 1.29 is 0 Å². The van der Waals surface area contributed by atoms with Crippen LogP contribution < -0.4 is 5.32 Å². The minimum absolute atomic E-state index is 0.471. The van der Waals surface area contributed by atoms with Crippen molar-refractivity contribution in [1.29, 1.82) is 0 Å². The van der Waals surface area contributed by atoms with Crippen molar-refractivity contribution in [1.82, 2.24) is 20.2 Å². The molecular weight excluding hydrogens is 343 g/mol. The fourth-order valence-electron chi connectivity index (χ4n) is 3.51. The van der Waals surface area contributed by atoms with Crippen LogP contribution in [0.2, 0.25) is 10.0 Å². The third kappa shape index (κ3) is 3.29. The second-order valence-corrected chi connectivity index (χ2v) is 7.35. The van der Waals surface area contributed by atoms with Crippen LogP contribution in [0.3, 0.4) is 0 Å². The van der Waals surface area contributed by atoms with Crippen molar-refractivity contribution in [3.63, 3.8) is 0 Å². The number of rotatable bonds is 3. The first-order valence-corrected chi connectivity index (χ1v) is 9.17. The Hall–Kier alpha value is -1.20. The predicted molar refractivity (Wildman–Crippen MR) is 96.5 cm³/mol. The van der Waals surface area contributed by atoms with Crippen molar-refractivity contribution >= 4 is 23.2 Å². The average Bonchev–Trinajstić information content (AvgIpc) is 3.13. The molecule has 2 aromatic rings. The lowest BCUT2D eigenvalue weighted by Crippen LogP contribution is -2.31. The van der Waals surface area contributed by atoms with Crippen molar-refractivity contribution in [2.45, 2.75) is 31.8 Å². The Morgan fingerprint density at radius 3 is 3.04 bits per heavy atom. The van der Waals surface area contributed by atoms with Gasteiger partial charge in [0.1, 0.15) is 5.82 Å². The van der Waals surface area contributed by atoms with E-state index in [4.69, 9.17) is 28.2 Å². The summed E-state index contributed by atoms with van der Waals surface area (Å²) in [5.41, 5.74) is 3.51. The van der Waals surface area contributed by atoms with Gasteiger partial charge in [-0.15, -0.1) is 0 Å². The first kappa shape index (κ1) is 16.3. The number of benzene rings is 1. The highest BCUT2D eigenvalue weighted by molar-refractivity contribution is 6.42. The molecule has 0 bridgehead atoms. The third-order valence-electron chi connectivity index (χ3n) is 4.88. The molecule has 2 aliphatic rings. The van der Waals surface area contributed by atoms with Gasteiger partial charge in [0, 0.05) is 56.0 Å². The summed E-state index contributed by atoms with van der Waals surface area (Å²) in [5, 5.41) is 4.66. The summed E-state index contributed by atoms with van der Waals surface area (Å²) >= 11 is 12.4. The fourth-order valence-corrected chi connectivity index (χ4v) is 3.89. The molecule has 1 aromatic heterocycles. The van der Waals surface area contributed by atoms with Crippen LogP contribution >= 0.6 is 23.2 Å². The lowest BCUT2D eigenvalue weighted by Gasteiger charge is -2.28. The molecule has 4 rings (SSSR count). The minimum atomic E-state index is 0.471. The molecule has 1 N–H and O–H groups in total. The highest BCUT2D eigenvalue weighted by Gasteiger charge is 2.23. The van der Waals surface area contributed by atoms with Crippen LogP contribution in [-0.4, -0.2) is 34.5 Å². The Morgan fingerprint density at radius 1 is 1.29 bits per heavy atom. The summed E-state index contributed by atoms with van der Waals surface area (Å²) in [4.78, 5) is 11.8. The summed E-state index contributed by atoms with van der Waals surface area (Å²) in [6.07, 6.45) is 4.11. The molecular formula is C18H20Cl2N4. The molecule has 0 unspecified atom stereocenters. The summed E-state index contributed by atoms with van der Waals surface area (Å²) < 4.78 is 0. The molecule has 0 saturated carbocycles. The van der Waals surface area contributed by atoms with Gasteiger partial charge in [0.05, 0.1) is 10.0 Å². The summed E-state index contributed by atoms with van der Waals surface area (Å²) in [6.45, 7) is 4.71. The molecule has 0 spiro atoms. The number of aromatic nitrogens is 2. The van der Waals surface area contributed by atoms with Gasteiger partial charge in [-0.25, -0.2) is 9.97 Å². The lowest BCUT2D eigenvalue weighted by molar-refractivity contribution is 0.242.